The second-order valence-electron chi connectivity index (χ2n) is 5.03. The molecule has 2 rings (SSSR count). The van der Waals surface area contributed by atoms with Crippen LogP contribution in [0.5, 0.6) is 5.75 Å². The number of nitrogen functional groups attached to an aromatic ring is 1. The molecule has 0 bridgehead atoms. The van der Waals surface area contributed by atoms with E-state index in [4.69, 9.17) is 10.5 Å². The van der Waals surface area contributed by atoms with Crippen LogP contribution in [0.3, 0.4) is 0 Å². The first-order valence-electron chi connectivity index (χ1n) is 6.44. The lowest BCUT2D eigenvalue weighted by Gasteiger charge is -2.16. The first-order chi connectivity index (χ1) is 8.58. The molecule has 102 valence electrons. The Morgan fingerprint density at radius 3 is 2.89 bits per heavy atom. The molecule has 1 saturated carbocycles. The van der Waals surface area contributed by atoms with Crippen molar-refractivity contribution in [2.24, 2.45) is 0 Å². The monoisotopic (exact) mass is 270 g/mol. The highest BCUT2D eigenvalue weighted by atomic mass is 32.1. The zero-order chi connectivity index (χ0) is 13.1. The van der Waals surface area contributed by atoms with Gasteiger partial charge in [0.05, 0.1) is 6.10 Å². The Labute approximate surface area is 112 Å². The third-order valence-electron chi connectivity index (χ3n) is 2.95. The van der Waals surface area contributed by atoms with E-state index in [0.717, 1.165) is 24.1 Å². The Morgan fingerprint density at radius 2 is 2.28 bits per heavy atom. The quantitative estimate of drug-likeness (QED) is 0.793. The van der Waals surface area contributed by atoms with Crippen LogP contribution < -0.4 is 15.8 Å². The van der Waals surface area contributed by atoms with Crippen LogP contribution in [0.2, 0.25) is 0 Å². The van der Waals surface area contributed by atoms with E-state index >= 15 is 0 Å². The maximum atomic E-state index is 5.80. The molecule has 1 fully saturated rings. The van der Waals surface area contributed by atoms with E-state index in [1.54, 1.807) is 0 Å². The number of nitrogens with one attached hydrogen (secondary N) is 1. The Balaban J connectivity index is 1.84. The summed E-state index contributed by atoms with van der Waals surface area (Å²) in [7, 11) is 2.17. The number of hydrogen-bond acceptors (Lipinski definition) is 6. The molecule has 0 aromatic carbocycles. The second-order valence-corrected chi connectivity index (χ2v) is 5.80. The van der Waals surface area contributed by atoms with Crippen molar-refractivity contribution in [1.29, 1.82) is 0 Å². The van der Waals surface area contributed by atoms with Gasteiger partial charge in [0, 0.05) is 19.1 Å². The molecule has 1 aromatic heterocycles. The number of rotatable bonds is 7. The van der Waals surface area contributed by atoms with Gasteiger partial charge >= 0.3 is 0 Å². The zero-order valence-electron chi connectivity index (χ0n) is 11.3. The predicted octanol–water partition coefficient (Wildman–Crippen LogP) is 2.02. The molecule has 0 unspecified atom stereocenters. The van der Waals surface area contributed by atoms with Gasteiger partial charge in [0.1, 0.15) is 0 Å². The van der Waals surface area contributed by atoms with E-state index in [0.29, 0.717) is 11.6 Å². The average molecular weight is 270 g/mol. The number of likely N-dealkylation sites (N-methyl/N-ethyl adjacent to an activating group) is 1. The van der Waals surface area contributed by atoms with E-state index in [9.17, 15) is 0 Å². The number of aromatic nitrogens is 1. The summed E-state index contributed by atoms with van der Waals surface area (Å²) in [6, 6.07) is 0.796. The molecule has 0 saturated heterocycles. The standard InChI is InChI=1S/C12H22N4OS/c1-8(2)17-10-11(13)15-18-12(10)14-6-7-16(3)9-4-5-9/h8-9,14H,4-7H2,1-3H3,(H2,13,15). The minimum absolute atomic E-state index is 0.110. The summed E-state index contributed by atoms with van der Waals surface area (Å²) in [6.07, 6.45) is 2.79. The van der Waals surface area contributed by atoms with Crippen molar-refractivity contribution < 1.29 is 4.74 Å². The topological polar surface area (TPSA) is 63.4 Å². The van der Waals surface area contributed by atoms with Crippen LogP contribution in [0.1, 0.15) is 26.7 Å². The summed E-state index contributed by atoms with van der Waals surface area (Å²) in [5, 5.41) is 4.30. The molecule has 0 spiro atoms. The maximum Gasteiger partial charge on any atom is 0.197 e. The summed E-state index contributed by atoms with van der Waals surface area (Å²) in [6.45, 7) is 5.90. The fourth-order valence-electron chi connectivity index (χ4n) is 1.80. The third kappa shape index (κ3) is 3.49. The molecule has 0 radical (unpaired) electrons. The fraction of sp³-hybridized carbons (Fsp3) is 0.750. The van der Waals surface area contributed by atoms with Gasteiger partial charge in [-0.25, -0.2) is 0 Å². The lowest BCUT2D eigenvalue weighted by atomic mass is 10.4. The van der Waals surface area contributed by atoms with Crippen LogP contribution >= 0.6 is 11.5 Å². The van der Waals surface area contributed by atoms with Crippen LogP contribution in [-0.2, 0) is 0 Å². The lowest BCUT2D eigenvalue weighted by Crippen LogP contribution is -2.27. The van der Waals surface area contributed by atoms with Crippen LogP contribution in [0, 0.1) is 0 Å². The van der Waals surface area contributed by atoms with Gasteiger partial charge in [-0.05, 0) is 45.3 Å². The predicted molar refractivity (Wildman–Crippen MR) is 76.4 cm³/mol. The minimum Gasteiger partial charge on any atom is -0.484 e. The van der Waals surface area contributed by atoms with Crippen molar-refractivity contribution in [2.75, 3.05) is 31.2 Å². The van der Waals surface area contributed by atoms with Crippen molar-refractivity contribution in [1.82, 2.24) is 9.27 Å². The van der Waals surface area contributed by atoms with Crippen molar-refractivity contribution in [3.8, 4) is 5.75 Å². The lowest BCUT2D eigenvalue weighted by molar-refractivity contribution is 0.245. The molecular formula is C12H22N4OS. The van der Waals surface area contributed by atoms with Gasteiger partial charge in [-0.15, -0.1) is 0 Å². The van der Waals surface area contributed by atoms with E-state index in [1.165, 1.54) is 24.4 Å². The smallest absolute Gasteiger partial charge is 0.197 e. The van der Waals surface area contributed by atoms with E-state index in [1.807, 2.05) is 13.8 Å². The van der Waals surface area contributed by atoms with Crippen molar-refractivity contribution >= 4 is 22.4 Å². The molecular weight excluding hydrogens is 248 g/mol. The molecule has 1 aliphatic carbocycles. The van der Waals surface area contributed by atoms with Gasteiger partial charge in [0.15, 0.2) is 16.6 Å². The van der Waals surface area contributed by atoms with E-state index in [-0.39, 0.29) is 6.10 Å². The van der Waals surface area contributed by atoms with E-state index in [2.05, 4.69) is 21.6 Å². The SMILES string of the molecule is CC(C)Oc1c(N)nsc1NCCN(C)C1CC1. The van der Waals surface area contributed by atoms with Crippen LogP contribution in [0.4, 0.5) is 10.8 Å². The molecule has 0 aliphatic heterocycles. The first-order valence-corrected chi connectivity index (χ1v) is 7.21. The molecule has 1 aliphatic rings. The zero-order valence-corrected chi connectivity index (χ0v) is 12.1. The number of nitrogens with two attached hydrogens (primary N) is 1. The van der Waals surface area contributed by atoms with Crippen LogP contribution in [0.15, 0.2) is 0 Å². The van der Waals surface area contributed by atoms with Gasteiger partial charge < -0.3 is 20.7 Å². The second kappa shape index (κ2) is 5.75. The fourth-order valence-corrected chi connectivity index (χ4v) is 2.47. The molecule has 0 amide bonds. The number of ether oxygens (including phenoxy) is 1. The number of nitrogens with zero attached hydrogens (tertiary/aromatic N) is 2. The summed E-state index contributed by atoms with van der Waals surface area (Å²) in [4.78, 5) is 2.39. The van der Waals surface area contributed by atoms with Crippen molar-refractivity contribution in [3.63, 3.8) is 0 Å². The maximum absolute atomic E-state index is 5.80. The Morgan fingerprint density at radius 1 is 1.56 bits per heavy atom. The molecule has 5 nitrogen and oxygen atoms in total. The Kier molecular flexibility index (Phi) is 4.29. The van der Waals surface area contributed by atoms with Gasteiger partial charge in [-0.3, -0.25) is 0 Å². The largest absolute Gasteiger partial charge is 0.484 e. The molecule has 0 atom stereocenters. The van der Waals surface area contributed by atoms with Gasteiger partial charge in [0.25, 0.3) is 0 Å². The van der Waals surface area contributed by atoms with Crippen LogP contribution in [0.25, 0.3) is 0 Å². The molecule has 3 N–H and O–H groups in total. The highest BCUT2D eigenvalue weighted by molar-refractivity contribution is 7.11. The first kappa shape index (κ1) is 13.4. The summed E-state index contributed by atoms with van der Waals surface area (Å²) >= 11 is 1.36. The van der Waals surface area contributed by atoms with Crippen molar-refractivity contribution in [2.45, 2.75) is 38.8 Å². The average Bonchev–Trinajstić information content (AvgIpc) is 3.09. The summed E-state index contributed by atoms with van der Waals surface area (Å²) < 4.78 is 9.81. The van der Waals surface area contributed by atoms with Gasteiger partial charge in [0.2, 0.25) is 0 Å². The third-order valence-corrected chi connectivity index (χ3v) is 3.75. The number of hydrogen-bond donors (Lipinski definition) is 2. The molecule has 1 heterocycles. The summed E-state index contributed by atoms with van der Waals surface area (Å²) in [5.41, 5.74) is 5.80. The number of anilines is 2. The normalized spacial score (nSPS) is 15.4. The molecule has 6 heteroatoms. The van der Waals surface area contributed by atoms with E-state index < -0.39 is 0 Å². The van der Waals surface area contributed by atoms with Gasteiger partial charge in [-0.1, -0.05) is 0 Å². The molecule has 1 aromatic rings. The highest BCUT2D eigenvalue weighted by Crippen LogP contribution is 2.35. The Hall–Kier alpha value is -1.01. The molecule has 18 heavy (non-hydrogen) atoms. The highest BCUT2D eigenvalue weighted by Gasteiger charge is 2.25. The van der Waals surface area contributed by atoms with Crippen LogP contribution in [-0.4, -0.2) is 41.6 Å². The summed E-state index contributed by atoms with van der Waals surface area (Å²) in [5.74, 6) is 1.18. The minimum atomic E-state index is 0.110. The van der Waals surface area contributed by atoms with Gasteiger partial charge in [-0.2, -0.15) is 4.37 Å². The van der Waals surface area contributed by atoms with Crippen molar-refractivity contribution in [3.05, 3.63) is 0 Å². The Bertz CT molecular complexity index is 389.